The Kier molecular flexibility index (Phi) is 2.24. The summed E-state index contributed by atoms with van der Waals surface area (Å²) in [4.78, 5) is 0. The maximum Gasteiger partial charge on any atom is 0.0685 e. The molecule has 1 fully saturated rings. The van der Waals surface area contributed by atoms with E-state index in [4.69, 9.17) is 0 Å². The van der Waals surface area contributed by atoms with Crippen molar-refractivity contribution < 1.29 is 10.2 Å². The fourth-order valence-corrected chi connectivity index (χ4v) is 3.07. The van der Waals surface area contributed by atoms with Gasteiger partial charge in [-0.05, 0) is 45.4 Å². The largest absolute Gasteiger partial charge is 0.390 e. The lowest BCUT2D eigenvalue weighted by Gasteiger charge is -2.34. The van der Waals surface area contributed by atoms with Gasteiger partial charge in [-0.25, -0.2) is 0 Å². The molecule has 0 unspecified atom stereocenters. The first-order valence-electron chi connectivity index (χ1n) is 5.55. The van der Waals surface area contributed by atoms with Gasteiger partial charge < -0.3 is 10.2 Å². The number of fused-ring (bicyclic) bond motifs is 1. The van der Waals surface area contributed by atoms with Crippen LogP contribution in [0.25, 0.3) is 0 Å². The van der Waals surface area contributed by atoms with E-state index in [1.54, 1.807) is 0 Å². The van der Waals surface area contributed by atoms with Crippen molar-refractivity contribution in [3.05, 3.63) is 12.2 Å². The SMILES string of the molecule is C[C@]1(O)CC[C@@H]2[C@H]1C=CCC[C@]2(C)O. The first-order valence-corrected chi connectivity index (χ1v) is 5.55. The average Bonchev–Trinajstić information content (AvgIpc) is 2.25. The van der Waals surface area contributed by atoms with Crippen LogP contribution >= 0.6 is 0 Å². The third-order valence-corrected chi connectivity index (χ3v) is 4.07. The molecule has 0 spiro atoms. The minimum absolute atomic E-state index is 0.139. The molecule has 1 saturated carbocycles. The van der Waals surface area contributed by atoms with Crippen LogP contribution in [0.3, 0.4) is 0 Å². The summed E-state index contributed by atoms with van der Waals surface area (Å²) >= 11 is 0. The van der Waals surface area contributed by atoms with Crippen LogP contribution in [-0.2, 0) is 0 Å². The molecule has 0 aliphatic heterocycles. The zero-order valence-electron chi connectivity index (χ0n) is 9.03. The molecule has 0 heterocycles. The highest BCUT2D eigenvalue weighted by Crippen LogP contribution is 2.48. The Morgan fingerprint density at radius 3 is 2.57 bits per heavy atom. The number of aliphatic hydroxyl groups is 2. The van der Waals surface area contributed by atoms with Gasteiger partial charge in [0.25, 0.3) is 0 Å². The minimum atomic E-state index is -0.616. The third kappa shape index (κ3) is 1.51. The molecule has 0 aromatic rings. The first kappa shape index (κ1) is 10.2. The highest BCUT2D eigenvalue weighted by atomic mass is 16.3. The van der Waals surface area contributed by atoms with Crippen molar-refractivity contribution in [1.29, 1.82) is 0 Å². The van der Waals surface area contributed by atoms with Gasteiger partial charge in [0.1, 0.15) is 0 Å². The van der Waals surface area contributed by atoms with E-state index in [0.29, 0.717) is 0 Å². The summed E-state index contributed by atoms with van der Waals surface area (Å²) in [5.74, 6) is 0.372. The maximum absolute atomic E-state index is 10.3. The zero-order valence-corrected chi connectivity index (χ0v) is 9.03. The molecule has 2 N–H and O–H groups in total. The molecule has 0 bridgehead atoms. The van der Waals surface area contributed by atoms with Crippen LogP contribution in [0, 0.1) is 11.8 Å². The van der Waals surface area contributed by atoms with Crippen molar-refractivity contribution in [1.82, 2.24) is 0 Å². The van der Waals surface area contributed by atoms with E-state index in [2.05, 4.69) is 12.2 Å². The van der Waals surface area contributed by atoms with Crippen LogP contribution in [0.5, 0.6) is 0 Å². The second-order valence-corrected chi connectivity index (χ2v) is 5.35. The van der Waals surface area contributed by atoms with Crippen LogP contribution < -0.4 is 0 Å². The second kappa shape index (κ2) is 3.07. The van der Waals surface area contributed by atoms with Gasteiger partial charge in [0.05, 0.1) is 11.2 Å². The van der Waals surface area contributed by atoms with Gasteiger partial charge in [0.2, 0.25) is 0 Å². The van der Waals surface area contributed by atoms with E-state index in [1.807, 2.05) is 13.8 Å². The molecule has 0 amide bonds. The molecular weight excluding hydrogens is 176 g/mol. The van der Waals surface area contributed by atoms with Gasteiger partial charge in [0, 0.05) is 5.92 Å². The number of allylic oxidation sites excluding steroid dienone is 1. The lowest BCUT2D eigenvalue weighted by Crippen LogP contribution is -2.40. The molecule has 2 heteroatoms. The molecule has 0 radical (unpaired) electrons. The van der Waals surface area contributed by atoms with Crippen molar-refractivity contribution in [2.75, 3.05) is 0 Å². The monoisotopic (exact) mass is 196 g/mol. The summed E-state index contributed by atoms with van der Waals surface area (Å²) < 4.78 is 0. The fourth-order valence-electron chi connectivity index (χ4n) is 3.07. The van der Waals surface area contributed by atoms with Gasteiger partial charge in [-0.2, -0.15) is 0 Å². The Bertz CT molecular complexity index is 253. The predicted octanol–water partition coefficient (Wildman–Crippen LogP) is 1.86. The molecule has 0 aromatic heterocycles. The maximum atomic E-state index is 10.3. The first-order chi connectivity index (χ1) is 6.43. The Balaban J connectivity index is 2.30. The molecular formula is C12H20O2. The summed E-state index contributed by atoms with van der Waals surface area (Å²) in [6.45, 7) is 3.81. The summed E-state index contributed by atoms with van der Waals surface area (Å²) in [6.07, 6.45) is 7.72. The highest BCUT2D eigenvalue weighted by Gasteiger charge is 2.49. The normalized spacial score (nSPS) is 52.9. The lowest BCUT2D eigenvalue weighted by molar-refractivity contribution is -0.0419. The van der Waals surface area contributed by atoms with E-state index >= 15 is 0 Å². The second-order valence-electron chi connectivity index (χ2n) is 5.35. The fraction of sp³-hybridized carbons (Fsp3) is 0.833. The van der Waals surface area contributed by atoms with Crippen LogP contribution in [0.15, 0.2) is 12.2 Å². The summed E-state index contributed by atoms with van der Waals surface area (Å²) in [5.41, 5.74) is -1.22. The van der Waals surface area contributed by atoms with Crippen molar-refractivity contribution in [2.24, 2.45) is 11.8 Å². The molecule has 0 saturated heterocycles. The van der Waals surface area contributed by atoms with E-state index in [1.165, 1.54) is 0 Å². The molecule has 2 rings (SSSR count). The van der Waals surface area contributed by atoms with Crippen molar-refractivity contribution in [3.8, 4) is 0 Å². The van der Waals surface area contributed by atoms with Gasteiger partial charge in [0.15, 0.2) is 0 Å². The number of hydrogen-bond donors (Lipinski definition) is 2. The molecule has 4 atom stereocenters. The minimum Gasteiger partial charge on any atom is -0.390 e. The van der Waals surface area contributed by atoms with E-state index < -0.39 is 11.2 Å². The molecule has 2 aliphatic rings. The average molecular weight is 196 g/mol. The van der Waals surface area contributed by atoms with Gasteiger partial charge in [-0.1, -0.05) is 12.2 Å². The topological polar surface area (TPSA) is 40.5 Å². The summed E-state index contributed by atoms with van der Waals surface area (Å²) in [5, 5.41) is 20.5. The molecule has 80 valence electrons. The molecule has 0 aromatic carbocycles. The van der Waals surface area contributed by atoms with E-state index in [0.717, 1.165) is 25.7 Å². The Labute approximate surface area is 85.6 Å². The van der Waals surface area contributed by atoms with E-state index in [-0.39, 0.29) is 11.8 Å². The van der Waals surface area contributed by atoms with Crippen LogP contribution in [0.2, 0.25) is 0 Å². The van der Waals surface area contributed by atoms with Crippen LogP contribution in [-0.4, -0.2) is 21.4 Å². The Morgan fingerprint density at radius 2 is 1.86 bits per heavy atom. The molecule has 2 nitrogen and oxygen atoms in total. The summed E-state index contributed by atoms with van der Waals surface area (Å²) in [6, 6.07) is 0. The zero-order chi connectivity index (χ0) is 10.4. The predicted molar refractivity (Wildman–Crippen MR) is 55.8 cm³/mol. The third-order valence-electron chi connectivity index (χ3n) is 4.07. The highest BCUT2D eigenvalue weighted by molar-refractivity contribution is 5.11. The molecule has 2 aliphatic carbocycles. The van der Waals surface area contributed by atoms with Crippen molar-refractivity contribution in [2.45, 2.75) is 50.7 Å². The lowest BCUT2D eigenvalue weighted by atomic mass is 9.77. The molecule has 14 heavy (non-hydrogen) atoms. The number of hydrogen-bond acceptors (Lipinski definition) is 2. The van der Waals surface area contributed by atoms with Gasteiger partial charge in [-0.3, -0.25) is 0 Å². The Morgan fingerprint density at radius 1 is 1.14 bits per heavy atom. The smallest absolute Gasteiger partial charge is 0.0685 e. The summed E-state index contributed by atoms with van der Waals surface area (Å²) in [7, 11) is 0. The van der Waals surface area contributed by atoms with Crippen LogP contribution in [0.4, 0.5) is 0 Å². The van der Waals surface area contributed by atoms with E-state index in [9.17, 15) is 10.2 Å². The van der Waals surface area contributed by atoms with Crippen molar-refractivity contribution >= 4 is 0 Å². The Hall–Kier alpha value is -0.340. The number of rotatable bonds is 0. The van der Waals surface area contributed by atoms with Crippen molar-refractivity contribution in [3.63, 3.8) is 0 Å². The van der Waals surface area contributed by atoms with Gasteiger partial charge >= 0.3 is 0 Å². The van der Waals surface area contributed by atoms with Gasteiger partial charge in [-0.15, -0.1) is 0 Å². The quantitative estimate of drug-likeness (QED) is 0.581. The van der Waals surface area contributed by atoms with Crippen LogP contribution in [0.1, 0.15) is 39.5 Å². The standard InChI is InChI=1S/C12H20O2/c1-11(13)7-4-3-5-9-10(11)6-8-12(9,2)14/h3,5,9-10,13-14H,4,6-8H2,1-2H3/t9-,10-,11+,12+/m1/s1.